The third-order valence-electron chi connectivity index (χ3n) is 1.12. The molecule has 0 heterocycles. The van der Waals surface area contributed by atoms with Crippen molar-refractivity contribution >= 4 is 24.4 Å². The summed E-state index contributed by atoms with van der Waals surface area (Å²) in [6.45, 7) is 1.83. The number of carbonyl (C=O) groups is 2. The summed E-state index contributed by atoms with van der Waals surface area (Å²) in [5, 5.41) is 8.28. The largest absolute Gasteiger partial charge is 0.465 e. The highest BCUT2D eigenvalue weighted by Gasteiger charge is 2.12. The fraction of sp³-hybridized carbons (Fsp3) is 0.667. The highest BCUT2D eigenvalue weighted by Crippen LogP contribution is 1.93. The van der Waals surface area contributed by atoms with Gasteiger partial charge in [-0.25, -0.2) is 4.79 Å². The highest BCUT2D eigenvalue weighted by atomic mass is 35.5. The predicted molar refractivity (Wildman–Crippen MR) is 43.0 cm³/mol. The molecule has 0 saturated carbocycles. The summed E-state index contributed by atoms with van der Waals surface area (Å²) >= 11 is 0. The Morgan fingerprint density at radius 3 is 2.18 bits per heavy atom. The van der Waals surface area contributed by atoms with Gasteiger partial charge in [0.05, 0.1) is 0 Å². The van der Waals surface area contributed by atoms with E-state index in [1.54, 1.807) is 0 Å². The van der Waals surface area contributed by atoms with E-state index in [0.717, 1.165) is 0 Å². The molecule has 0 fully saturated rings. The molecule has 2 amide bonds. The Morgan fingerprint density at radius 1 is 1.45 bits per heavy atom. The van der Waals surface area contributed by atoms with E-state index >= 15 is 0 Å². The van der Waals surface area contributed by atoms with Gasteiger partial charge in [0.15, 0.2) is 0 Å². The Morgan fingerprint density at radius 2 is 1.91 bits per heavy atom. The predicted octanol–water partition coefficient (Wildman–Crippen LogP) is 1.34. The first-order valence-corrected chi connectivity index (χ1v) is 3.09. The second-order valence-corrected chi connectivity index (χ2v) is 1.99. The molecule has 0 aliphatic carbocycles. The van der Waals surface area contributed by atoms with Crippen molar-refractivity contribution in [1.82, 2.24) is 4.90 Å². The minimum Gasteiger partial charge on any atom is -0.465 e. The third-order valence-corrected chi connectivity index (χ3v) is 1.12. The summed E-state index contributed by atoms with van der Waals surface area (Å²) in [5.41, 5.74) is 0. The zero-order valence-corrected chi connectivity index (χ0v) is 7.35. The molecule has 5 heteroatoms. The minimum absolute atomic E-state index is 0. The van der Waals surface area contributed by atoms with Gasteiger partial charge in [0, 0.05) is 13.5 Å². The van der Waals surface area contributed by atoms with Crippen molar-refractivity contribution in [2.24, 2.45) is 0 Å². The van der Waals surface area contributed by atoms with Crippen LogP contribution >= 0.6 is 12.4 Å². The average Bonchev–Trinajstić information content (AvgIpc) is 1.87. The van der Waals surface area contributed by atoms with Crippen molar-refractivity contribution in [3.8, 4) is 0 Å². The molecule has 0 rings (SSSR count). The van der Waals surface area contributed by atoms with E-state index in [2.05, 4.69) is 0 Å². The number of nitrogens with zero attached hydrogens (tertiary/aromatic N) is 1. The van der Waals surface area contributed by atoms with Crippen LogP contribution in [0.15, 0.2) is 0 Å². The lowest BCUT2D eigenvalue weighted by Crippen LogP contribution is -2.31. The number of carboxylic acid groups (broad SMARTS) is 1. The summed E-state index contributed by atoms with van der Waals surface area (Å²) in [5.74, 6) is -0.352. The maximum Gasteiger partial charge on any atom is 0.413 e. The SMILES string of the molecule is CCCC(=O)N(C)C(=O)O.Cl. The molecule has 1 N–H and O–H groups in total. The molecule has 0 unspecified atom stereocenters. The molecule has 0 aliphatic rings. The van der Waals surface area contributed by atoms with Crippen LogP contribution in [0.4, 0.5) is 4.79 Å². The van der Waals surface area contributed by atoms with Crippen LogP contribution in [0.3, 0.4) is 0 Å². The number of hydrogen-bond acceptors (Lipinski definition) is 2. The van der Waals surface area contributed by atoms with Crippen LogP contribution < -0.4 is 0 Å². The van der Waals surface area contributed by atoms with E-state index in [0.29, 0.717) is 17.7 Å². The van der Waals surface area contributed by atoms with Gasteiger partial charge in [0.25, 0.3) is 0 Å². The lowest BCUT2D eigenvalue weighted by atomic mass is 10.3. The number of imide groups is 1. The van der Waals surface area contributed by atoms with Crippen LogP contribution in [0.2, 0.25) is 0 Å². The summed E-state index contributed by atoms with van der Waals surface area (Å²) in [4.78, 5) is 21.5. The number of hydrogen-bond donors (Lipinski definition) is 1. The molecule has 0 aliphatic heterocycles. The number of rotatable bonds is 2. The molecule has 66 valence electrons. The zero-order valence-electron chi connectivity index (χ0n) is 6.53. The van der Waals surface area contributed by atoms with Gasteiger partial charge in [0.1, 0.15) is 0 Å². The number of halogens is 1. The first-order valence-electron chi connectivity index (χ1n) is 3.09. The second kappa shape index (κ2) is 5.97. The highest BCUT2D eigenvalue weighted by molar-refractivity contribution is 5.90. The molecule has 0 aromatic rings. The van der Waals surface area contributed by atoms with Crippen molar-refractivity contribution in [3.63, 3.8) is 0 Å². The third kappa shape index (κ3) is 4.61. The topological polar surface area (TPSA) is 57.6 Å². The van der Waals surface area contributed by atoms with Gasteiger partial charge in [-0.15, -0.1) is 12.4 Å². The van der Waals surface area contributed by atoms with Gasteiger partial charge in [-0.05, 0) is 6.42 Å². The van der Waals surface area contributed by atoms with Gasteiger partial charge in [-0.1, -0.05) is 6.92 Å². The second-order valence-electron chi connectivity index (χ2n) is 1.99. The van der Waals surface area contributed by atoms with Crippen LogP contribution in [-0.4, -0.2) is 29.1 Å². The molecule has 4 nitrogen and oxygen atoms in total. The maximum absolute atomic E-state index is 10.7. The Kier molecular flexibility index (Phi) is 6.99. The van der Waals surface area contributed by atoms with Gasteiger partial charge in [-0.3, -0.25) is 9.69 Å². The standard InChI is InChI=1S/C6H11NO3.ClH/c1-3-4-5(8)7(2)6(9)10;/h3-4H2,1-2H3,(H,9,10);1H. The molecular weight excluding hydrogens is 170 g/mol. The van der Waals surface area contributed by atoms with Crippen molar-refractivity contribution in [2.75, 3.05) is 7.05 Å². The van der Waals surface area contributed by atoms with Crippen LogP contribution in [0.25, 0.3) is 0 Å². The monoisotopic (exact) mass is 181 g/mol. The molecule has 0 aromatic carbocycles. The van der Waals surface area contributed by atoms with Crippen molar-refractivity contribution < 1.29 is 14.7 Å². The molecule has 0 spiro atoms. The van der Waals surface area contributed by atoms with E-state index in [4.69, 9.17) is 5.11 Å². The molecular formula is C6H12ClNO3. The van der Waals surface area contributed by atoms with Gasteiger partial charge in [-0.2, -0.15) is 0 Å². The van der Waals surface area contributed by atoms with Gasteiger partial charge < -0.3 is 5.11 Å². The summed E-state index contributed by atoms with van der Waals surface area (Å²) < 4.78 is 0. The van der Waals surface area contributed by atoms with E-state index < -0.39 is 6.09 Å². The van der Waals surface area contributed by atoms with Gasteiger partial charge in [0.2, 0.25) is 5.91 Å². The fourth-order valence-corrected chi connectivity index (χ4v) is 0.488. The zero-order chi connectivity index (χ0) is 8.15. The average molecular weight is 182 g/mol. The molecule has 0 atom stereocenters. The number of amides is 2. The van der Waals surface area contributed by atoms with Crippen LogP contribution in [0.5, 0.6) is 0 Å². The summed E-state index contributed by atoms with van der Waals surface area (Å²) in [7, 11) is 1.25. The molecule has 11 heavy (non-hydrogen) atoms. The van der Waals surface area contributed by atoms with E-state index in [1.165, 1.54) is 7.05 Å². The Labute approximate surface area is 71.6 Å². The van der Waals surface area contributed by atoms with Crippen molar-refractivity contribution in [2.45, 2.75) is 19.8 Å². The van der Waals surface area contributed by atoms with E-state index in [9.17, 15) is 9.59 Å². The first-order chi connectivity index (χ1) is 4.59. The summed E-state index contributed by atoms with van der Waals surface area (Å²) in [6.07, 6.45) is -0.224. The molecule has 0 saturated heterocycles. The summed E-state index contributed by atoms with van der Waals surface area (Å²) in [6, 6.07) is 0. The molecule has 0 aromatic heterocycles. The van der Waals surface area contributed by atoms with Gasteiger partial charge >= 0.3 is 6.09 Å². The quantitative estimate of drug-likeness (QED) is 0.700. The maximum atomic E-state index is 10.7. The number of carbonyl (C=O) groups excluding carboxylic acids is 1. The van der Waals surface area contributed by atoms with Crippen molar-refractivity contribution in [3.05, 3.63) is 0 Å². The molecule has 0 radical (unpaired) electrons. The fourth-order valence-electron chi connectivity index (χ4n) is 0.488. The van der Waals surface area contributed by atoms with E-state index in [1.807, 2.05) is 6.92 Å². The lowest BCUT2D eigenvalue weighted by molar-refractivity contribution is -0.128. The van der Waals surface area contributed by atoms with Crippen LogP contribution in [0, 0.1) is 0 Å². The molecule has 0 bridgehead atoms. The Balaban J connectivity index is 0. The Hall–Kier alpha value is -0.770. The normalized spacial score (nSPS) is 8.18. The minimum atomic E-state index is -1.20. The van der Waals surface area contributed by atoms with Crippen molar-refractivity contribution in [1.29, 1.82) is 0 Å². The van der Waals surface area contributed by atoms with E-state index in [-0.39, 0.29) is 18.3 Å². The van der Waals surface area contributed by atoms with Crippen LogP contribution in [-0.2, 0) is 4.79 Å². The lowest BCUT2D eigenvalue weighted by Gasteiger charge is -2.08. The van der Waals surface area contributed by atoms with Crippen LogP contribution in [0.1, 0.15) is 19.8 Å². The first kappa shape index (κ1) is 12.9. The Bertz CT molecular complexity index is 149. The smallest absolute Gasteiger partial charge is 0.413 e.